The van der Waals surface area contributed by atoms with Crippen LogP contribution < -0.4 is 5.32 Å². The van der Waals surface area contributed by atoms with Gasteiger partial charge in [0.25, 0.3) is 0 Å². The van der Waals surface area contributed by atoms with Gasteiger partial charge in [-0.3, -0.25) is 4.90 Å². The summed E-state index contributed by atoms with van der Waals surface area (Å²) in [6.45, 7) is 5.73. The summed E-state index contributed by atoms with van der Waals surface area (Å²) >= 11 is 1.68. The van der Waals surface area contributed by atoms with E-state index in [-0.39, 0.29) is 24.8 Å². The molecule has 0 amide bonds. The zero-order valence-electron chi connectivity index (χ0n) is 11.5. The number of hydrogen-bond donors (Lipinski definition) is 1. The molecule has 110 valence electrons. The van der Waals surface area contributed by atoms with Crippen molar-refractivity contribution in [3.05, 3.63) is 17.2 Å². The zero-order valence-corrected chi connectivity index (χ0v) is 14.0. The smallest absolute Gasteiger partial charge is 0.182 e. The molecule has 2 rings (SSSR count). The third-order valence-electron chi connectivity index (χ3n) is 3.10. The van der Waals surface area contributed by atoms with Crippen molar-refractivity contribution in [1.82, 2.24) is 9.88 Å². The Morgan fingerprint density at radius 2 is 2.21 bits per heavy atom. The molecule has 0 spiro atoms. The van der Waals surface area contributed by atoms with Gasteiger partial charge in [-0.15, -0.1) is 36.2 Å². The van der Waals surface area contributed by atoms with Gasteiger partial charge in [0.15, 0.2) is 5.13 Å². The second-order valence-corrected chi connectivity index (χ2v) is 5.29. The van der Waals surface area contributed by atoms with Crippen LogP contribution in [0.3, 0.4) is 0 Å². The Hall–Kier alpha value is -0.290. The summed E-state index contributed by atoms with van der Waals surface area (Å²) in [4.78, 5) is 7.12. The normalized spacial score (nSPS) is 15.2. The van der Waals surface area contributed by atoms with Crippen LogP contribution in [0.25, 0.3) is 5.57 Å². The molecule has 0 atom stereocenters. The largest absolute Gasteiger partial charge is 0.365 e. The first-order valence-electron chi connectivity index (χ1n) is 6.38. The summed E-state index contributed by atoms with van der Waals surface area (Å²) in [6, 6.07) is 0. The van der Waals surface area contributed by atoms with E-state index in [1.165, 1.54) is 31.5 Å². The summed E-state index contributed by atoms with van der Waals surface area (Å²) in [5.74, 6) is 0. The third kappa shape index (κ3) is 5.30. The highest BCUT2D eigenvalue weighted by molar-refractivity contribution is 7.13. The van der Waals surface area contributed by atoms with Crippen LogP contribution in [0.2, 0.25) is 0 Å². The molecule has 0 fully saturated rings. The van der Waals surface area contributed by atoms with E-state index in [9.17, 15) is 0 Å². The van der Waals surface area contributed by atoms with Crippen molar-refractivity contribution in [2.24, 2.45) is 0 Å². The Bertz CT molecular complexity index is 393. The molecular formula is C13H23Cl2N3S. The molecule has 1 aromatic rings. The number of rotatable bonds is 5. The molecule has 1 aliphatic heterocycles. The summed E-state index contributed by atoms with van der Waals surface area (Å²) in [5, 5.41) is 6.26. The highest BCUT2D eigenvalue weighted by Gasteiger charge is 2.15. The van der Waals surface area contributed by atoms with Crippen LogP contribution in [-0.4, -0.2) is 36.6 Å². The van der Waals surface area contributed by atoms with Crippen molar-refractivity contribution in [3.8, 4) is 0 Å². The van der Waals surface area contributed by atoms with E-state index in [1.807, 2.05) is 7.05 Å². The Labute approximate surface area is 132 Å². The maximum Gasteiger partial charge on any atom is 0.182 e. The zero-order chi connectivity index (χ0) is 12.1. The highest BCUT2D eigenvalue weighted by atomic mass is 35.5. The van der Waals surface area contributed by atoms with Crippen molar-refractivity contribution in [2.45, 2.75) is 26.2 Å². The van der Waals surface area contributed by atoms with Gasteiger partial charge in [0, 0.05) is 25.5 Å². The number of thiazole rings is 1. The van der Waals surface area contributed by atoms with E-state index in [1.54, 1.807) is 11.3 Å². The van der Waals surface area contributed by atoms with Crippen LogP contribution in [0.1, 0.15) is 31.9 Å². The monoisotopic (exact) mass is 323 g/mol. The predicted molar refractivity (Wildman–Crippen MR) is 90.1 cm³/mol. The lowest BCUT2D eigenvalue weighted by molar-refractivity contribution is 0.299. The maximum atomic E-state index is 4.58. The summed E-state index contributed by atoms with van der Waals surface area (Å²) < 4.78 is 0. The van der Waals surface area contributed by atoms with E-state index < -0.39 is 0 Å². The SMILES string of the molecule is CCCCN1CCC=C(c2csc(NC)n2)C1.Cl.Cl. The average molecular weight is 324 g/mol. The quantitative estimate of drug-likeness (QED) is 0.890. The molecule has 0 aromatic carbocycles. The van der Waals surface area contributed by atoms with E-state index in [0.29, 0.717) is 0 Å². The van der Waals surface area contributed by atoms with Crippen molar-refractivity contribution in [3.63, 3.8) is 0 Å². The molecule has 0 bridgehead atoms. The highest BCUT2D eigenvalue weighted by Crippen LogP contribution is 2.24. The van der Waals surface area contributed by atoms with Crippen molar-refractivity contribution >= 4 is 46.9 Å². The van der Waals surface area contributed by atoms with Gasteiger partial charge in [0.05, 0.1) is 5.69 Å². The second-order valence-electron chi connectivity index (χ2n) is 4.44. The topological polar surface area (TPSA) is 28.2 Å². The van der Waals surface area contributed by atoms with Gasteiger partial charge < -0.3 is 5.32 Å². The lowest BCUT2D eigenvalue weighted by Gasteiger charge is -2.26. The number of hydrogen-bond acceptors (Lipinski definition) is 4. The van der Waals surface area contributed by atoms with E-state index in [2.05, 4.69) is 33.6 Å². The van der Waals surface area contributed by atoms with Crippen LogP contribution in [-0.2, 0) is 0 Å². The molecule has 6 heteroatoms. The average Bonchev–Trinajstić information content (AvgIpc) is 2.85. The molecule has 0 radical (unpaired) electrons. The van der Waals surface area contributed by atoms with Gasteiger partial charge >= 0.3 is 0 Å². The van der Waals surface area contributed by atoms with Crippen LogP contribution in [0, 0.1) is 0 Å². The fourth-order valence-corrected chi connectivity index (χ4v) is 2.80. The first-order valence-corrected chi connectivity index (χ1v) is 7.26. The van der Waals surface area contributed by atoms with Gasteiger partial charge in [-0.05, 0) is 25.0 Å². The lowest BCUT2D eigenvalue weighted by Crippen LogP contribution is -2.30. The minimum Gasteiger partial charge on any atom is -0.365 e. The fraction of sp³-hybridized carbons (Fsp3) is 0.615. The molecule has 0 unspecified atom stereocenters. The molecule has 1 N–H and O–H groups in total. The predicted octanol–water partition coefficient (Wildman–Crippen LogP) is 3.92. The van der Waals surface area contributed by atoms with Crippen molar-refractivity contribution in [1.29, 1.82) is 0 Å². The fourth-order valence-electron chi connectivity index (χ4n) is 2.10. The van der Waals surface area contributed by atoms with Crippen LogP contribution in [0.15, 0.2) is 11.5 Å². The van der Waals surface area contributed by atoms with E-state index in [0.717, 1.165) is 23.8 Å². The molecular weight excluding hydrogens is 301 g/mol. The van der Waals surface area contributed by atoms with Crippen LogP contribution >= 0.6 is 36.2 Å². The lowest BCUT2D eigenvalue weighted by atomic mass is 10.1. The van der Waals surface area contributed by atoms with E-state index >= 15 is 0 Å². The van der Waals surface area contributed by atoms with Gasteiger partial charge in [-0.1, -0.05) is 19.4 Å². The van der Waals surface area contributed by atoms with E-state index in [4.69, 9.17) is 0 Å². The molecule has 3 nitrogen and oxygen atoms in total. The molecule has 1 aliphatic rings. The van der Waals surface area contributed by atoms with Gasteiger partial charge in [-0.25, -0.2) is 4.98 Å². The van der Waals surface area contributed by atoms with Gasteiger partial charge in [0.1, 0.15) is 0 Å². The summed E-state index contributed by atoms with van der Waals surface area (Å²) in [5.41, 5.74) is 2.55. The Morgan fingerprint density at radius 1 is 1.42 bits per heavy atom. The van der Waals surface area contributed by atoms with Gasteiger partial charge in [0.2, 0.25) is 0 Å². The number of unbranched alkanes of at least 4 members (excludes halogenated alkanes) is 1. The number of anilines is 1. The van der Waals surface area contributed by atoms with Crippen LogP contribution in [0.5, 0.6) is 0 Å². The number of halogens is 2. The Balaban J connectivity index is 0.00000162. The third-order valence-corrected chi connectivity index (χ3v) is 3.96. The number of nitrogens with one attached hydrogen (secondary N) is 1. The van der Waals surface area contributed by atoms with Crippen molar-refractivity contribution in [2.75, 3.05) is 32.0 Å². The standard InChI is InChI=1S/C13H21N3S.2ClH/c1-3-4-7-16-8-5-6-11(9-16)12-10-17-13(14-2)15-12;;/h6,10H,3-5,7-9H2,1-2H3,(H,14,15);2*1H. The summed E-state index contributed by atoms with van der Waals surface area (Å²) in [7, 11) is 1.92. The first-order chi connectivity index (χ1) is 8.33. The Morgan fingerprint density at radius 3 is 2.84 bits per heavy atom. The molecule has 0 saturated carbocycles. The summed E-state index contributed by atoms with van der Waals surface area (Å²) in [6.07, 6.45) is 6.07. The minimum absolute atomic E-state index is 0. The number of nitrogens with zero attached hydrogens (tertiary/aromatic N) is 2. The molecule has 1 aromatic heterocycles. The Kier molecular flexibility index (Phi) is 9.44. The van der Waals surface area contributed by atoms with Crippen molar-refractivity contribution < 1.29 is 0 Å². The van der Waals surface area contributed by atoms with Crippen LogP contribution in [0.4, 0.5) is 5.13 Å². The molecule has 0 aliphatic carbocycles. The second kappa shape index (κ2) is 9.59. The first kappa shape index (κ1) is 18.7. The maximum absolute atomic E-state index is 4.58. The minimum atomic E-state index is 0. The number of aromatic nitrogens is 1. The molecule has 0 saturated heterocycles. The molecule has 2 heterocycles. The van der Waals surface area contributed by atoms with Gasteiger partial charge in [-0.2, -0.15) is 0 Å². The molecule has 19 heavy (non-hydrogen) atoms.